The van der Waals surface area contributed by atoms with E-state index in [1.807, 2.05) is 4.90 Å². The van der Waals surface area contributed by atoms with E-state index in [2.05, 4.69) is 22.5 Å². The maximum atomic E-state index is 14.3. The summed E-state index contributed by atoms with van der Waals surface area (Å²) in [7, 11) is 0. The third kappa shape index (κ3) is 3.58. The molecule has 3 aliphatic heterocycles. The summed E-state index contributed by atoms with van der Waals surface area (Å²) in [6.07, 6.45) is 6.90. The van der Waals surface area contributed by atoms with Crippen LogP contribution in [0, 0.1) is 17.0 Å². The molecule has 5 rings (SSSR count). The van der Waals surface area contributed by atoms with Gasteiger partial charge in [0.2, 0.25) is 5.96 Å². The number of halogens is 2. The smallest absolute Gasteiger partial charge is 0.270 e. The van der Waals surface area contributed by atoms with Crippen molar-refractivity contribution >= 4 is 23.3 Å². The second-order valence-corrected chi connectivity index (χ2v) is 9.10. The van der Waals surface area contributed by atoms with Crippen LogP contribution in [0.5, 0.6) is 0 Å². The first kappa shape index (κ1) is 20.4. The van der Waals surface area contributed by atoms with E-state index in [0.29, 0.717) is 25.0 Å². The number of nitrogens with one attached hydrogen (secondary N) is 3. The van der Waals surface area contributed by atoms with Crippen molar-refractivity contribution in [2.24, 2.45) is 9.98 Å². The number of ether oxygens (including phenoxy) is 1. The summed E-state index contributed by atoms with van der Waals surface area (Å²) in [5.74, 6) is -0.573. The lowest BCUT2D eigenvalue weighted by molar-refractivity contribution is 0.0526. The van der Waals surface area contributed by atoms with Crippen molar-refractivity contribution in [1.29, 1.82) is 5.41 Å². The fourth-order valence-electron chi connectivity index (χ4n) is 4.76. The van der Waals surface area contributed by atoms with E-state index < -0.39 is 17.3 Å². The highest BCUT2D eigenvalue weighted by molar-refractivity contribution is 6.30. The molecule has 0 aromatic heterocycles. The molecule has 1 unspecified atom stereocenters. The zero-order valence-electron chi connectivity index (χ0n) is 17.7. The highest BCUT2D eigenvalue weighted by Crippen LogP contribution is 2.40. The second-order valence-electron chi connectivity index (χ2n) is 9.10. The fraction of sp³-hybridized carbons (Fsp3) is 0.591. The van der Waals surface area contributed by atoms with Crippen molar-refractivity contribution in [3.05, 3.63) is 29.8 Å². The minimum atomic E-state index is -1.08. The summed E-state index contributed by atoms with van der Waals surface area (Å²) in [5.41, 5.74) is -1.22. The molecular weight excluding hydrogens is 402 g/mol. The standard InChI is InChI=1S/C22H28F2N6O/c1-21(10-12-31-13-11-21)27-19-22(28-19)18(25)30(14-6-3-2-4-7-14)20(29-22)26-16-9-5-8-15(23)17(16)24/h5,8-9,14,25H,2-4,6-7,10-13H2,1H3,(H,26,29)(H,27,28). The number of hydrogen-bond acceptors (Lipinski definition) is 6. The number of aliphatic imine (C=N–C) groups is 2. The average molecular weight is 431 g/mol. The van der Waals surface area contributed by atoms with Crippen LogP contribution < -0.4 is 10.6 Å². The van der Waals surface area contributed by atoms with Crippen LogP contribution in [-0.4, -0.2) is 53.0 Å². The molecule has 1 atom stereocenters. The molecule has 1 aliphatic carbocycles. The molecule has 3 heterocycles. The Balaban J connectivity index is 1.42. The third-order valence-corrected chi connectivity index (χ3v) is 6.78. The Labute approximate surface area is 180 Å². The Morgan fingerprint density at radius 2 is 1.87 bits per heavy atom. The van der Waals surface area contributed by atoms with Gasteiger partial charge in [-0.15, -0.1) is 0 Å². The van der Waals surface area contributed by atoms with Crippen molar-refractivity contribution in [3.8, 4) is 0 Å². The summed E-state index contributed by atoms with van der Waals surface area (Å²) in [5, 5.41) is 15.4. The maximum absolute atomic E-state index is 14.3. The molecule has 7 nitrogen and oxygen atoms in total. The summed E-state index contributed by atoms with van der Waals surface area (Å²) in [6.45, 7) is 3.50. The van der Waals surface area contributed by atoms with E-state index in [0.717, 1.165) is 44.6 Å². The van der Waals surface area contributed by atoms with Gasteiger partial charge in [0.05, 0.1) is 5.69 Å². The summed E-state index contributed by atoms with van der Waals surface area (Å²) >= 11 is 0. The maximum Gasteiger partial charge on any atom is 0.270 e. The van der Waals surface area contributed by atoms with Gasteiger partial charge in [-0.1, -0.05) is 25.3 Å². The Hall–Kier alpha value is -2.55. The minimum Gasteiger partial charge on any atom is -0.381 e. The fourth-order valence-corrected chi connectivity index (χ4v) is 4.76. The van der Waals surface area contributed by atoms with Crippen LogP contribution in [0.4, 0.5) is 14.5 Å². The molecule has 1 aromatic carbocycles. The van der Waals surface area contributed by atoms with Gasteiger partial charge in [0.25, 0.3) is 5.66 Å². The van der Waals surface area contributed by atoms with E-state index >= 15 is 0 Å². The number of rotatable bonds is 3. The van der Waals surface area contributed by atoms with Gasteiger partial charge in [-0.05, 0) is 44.7 Å². The van der Waals surface area contributed by atoms with Gasteiger partial charge in [0.15, 0.2) is 23.3 Å². The van der Waals surface area contributed by atoms with Crippen LogP contribution >= 0.6 is 0 Å². The predicted octanol–water partition coefficient (Wildman–Crippen LogP) is 3.63. The van der Waals surface area contributed by atoms with Gasteiger partial charge in [-0.25, -0.2) is 18.8 Å². The van der Waals surface area contributed by atoms with Crippen molar-refractivity contribution < 1.29 is 13.5 Å². The Morgan fingerprint density at radius 3 is 2.61 bits per heavy atom. The lowest BCUT2D eigenvalue weighted by Crippen LogP contribution is -2.52. The number of amidine groups is 2. The molecular formula is C22H28F2N6O. The molecule has 31 heavy (non-hydrogen) atoms. The molecule has 3 N–H and O–H groups in total. The summed E-state index contributed by atoms with van der Waals surface area (Å²) in [6, 6.07) is 4.11. The largest absolute Gasteiger partial charge is 0.381 e. The first-order chi connectivity index (χ1) is 14.9. The topological polar surface area (TPSA) is 85.1 Å². The second kappa shape index (κ2) is 7.55. The minimum absolute atomic E-state index is 0.0101. The Bertz CT molecular complexity index is 951. The molecule has 9 heteroatoms. The van der Waals surface area contributed by atoms with Gasteiger partial charge >= 0.3 is 0 Å². The van der Waals surface area contributed by atoms with Crippen LogP contribution in [-0.2, 0) is 4.74 Å². The molecule has 4 aliphatic rings. The molecule has 0 bridgehead atoms. The lowest BCUT2D eigenvalue weighted by atomic mass is 9.92. The van der Waals surface area contributed by atoms with Gasteiger partial charge in [-0.3, -0.25) is 10.3 Å². The van der Waals surface area contributed by atoms with E-state index in [1.54, 1.807) is 0 Å². The average Bonchev–Trinajstić information content (AvgIpc) is 3.36. The first-order valence-electron chi connectivity index (χ1n) is 11.1. The van der Waals surface area contributed by atoms with Crippen molar-refractivity contribution in [3.63, 3.8) is 0 Å². The van der Waals surface area contributed by atoms with Crippen LogP contribution in [0.2, 0.25) is 0 Å². The van der Waals surface area contributed by atoms with Gasteiger partial charge < -0.3 is 15.4 Å². The molecule has 2 fully saturated rings. The highest BCUT2D eigenvalue weighted by atomic mass is 19.2. The molecule has 1 saturated heterocycles. The van der Waals surface area contributed by atoms with E-state index in [1.165, 1.54) is 18.6 Å². The van der Waals surface area contributed by atoms with E-state index in [-0.39, 0.29) is 23.1 Å². The van der Waals surface area contributed by atoms with Crippen LogP contribution in [0.3, 0.4) is 0 Å². The summed E-state index contributed by atoms with van der Waals surface area (Å²) in [4.78, 5) is 11.2. The quantitative estimate of drug-likeness (QED) is 0.684. The van der Waals surface area contributed by atoms with E-state index in [9.17, 15) is 8.78 Å². The van der Waals surface area contributed by atoms with Gasteiger partial charge in [-0.2, -0.15) is 0 Å². The van der Waals surface area contributed by atoms with Crippen molar-refractivity contribution in [1.82, 2.24) is 10.2 Å². The monoisotopic (exact) mass is 430 g/mol. The first-order valence-corrected chi connectivity index (χ1v) is 11.1. The molecule has 1 saturated carbocycles. The van der Waals surface area contributed by atoms with Gasteiger partial charge in [0, 0.05) is 24.8 Å². The third-order valence-electron chi connectivity index (χ3n) is 6.78. The summed E-state index contributed by atoms with van der Waals surface area (Å²) < 4.78 is 33.6. The number of benzene rings is 1. The number of hydrogen-bond donors (Lipinski definition) is 3. The Morgan fingerprint density at radius 1 is 1.13 bits per heavy atom. The lowest BCUT2D eigenvalue weighted by Gasteiger charge is -2.35. The molecule has 0 amide bonds. The number of anilines is 1. The van der Waals surface area contributed by atoms with Crippen LogP contribution in [0.25, 0.3) is 0 Å². The normalized spacial score (nSPS) is 27.8. The number of guanidine groups is 1. The zero-order valence-corrected chi connectivity index (χ0v) is 17.7. The van der Waals surface area contributed by atoms with Crippen molar-refractivity contribution in [2.75, 3.05) is 18.5 Å². The van der Waals surface area contributed by atoms with Crippen molar-refractivity contribution in [2.45, 2.75) is 69.1 Å². The van der Waals surface area contributed by atoms with Crippen LogP contribution in [0.1, 0.15) is 51.9 Å². The Kier molecular flexibility index (Phi) is 4.96. The number of nitrogens with zero attached hydrogens (tertiary/aromatic N) is 3. The van der Waals surface area contributed by atoms with E-state index in [4.69, 9.17) is 15.1 Å². The predicted molar refractivity (Wildman–Crippen MR) is 116 cm³/mol. The SMILES string of the molecule is CC1(NC2=NC23N=C(Nc2cccc(F)c2F)N(C2CCCCC2)C3=N)CCOCC1. The molecule has 1 spiro atoms. The molecule has 166 valence electrons. The van der Waals surface area contributed by atoms with Crippen LogP contribution in [0.15, 0.2) is 28.2 Å². The van der Waals surface area contributed by atoms with Gasteiger partial charge in [0.1, 0.15) is 0 Å². The zero-order chi connectivity index (χ0) is 21.6. The molecule has 0 radical (unpaired) electrons. The highest BCUT2D eigenvalue weighted by Gasteiger charge is 2.61. The molecule has 1 aromatic rings.